The molecule has 0 aliphatic rings. The SMILES string of the molecule is N#CCCCCNC(=O)c1ccc(F)c(F)c1F. The van der Waals surface area contributed by atoms with Crippen LogP contribution in [0.5, 0.6) is 0 Å². The van der Waals surface area contributed by atoms with Gasteiger partial charge in [0.1, 0.15) is 0 Å². The average Bonchev–Trinajstić information content (AvgIpc) is 2.35. The summed E-state index contributed by atoms with van der Waals surface area (Å²) in [6.45, 7) is 0.249. The van der Waals surface area contributed by atoms with Gasteiger partial charge in [-0.2, -0.15) is 5.26 Å². The van der Waals surface area contributed by atoms with Gasteiger partial charge < -0.3 is 5.32 Å². The lowest BCUT2D eigenvalue weighted by Crippen LogP contribution is -2.25. The van der Waals surface area contributed by atoms with Crippen LogP contribution in [0.2, 0.25) is 0 Å². The summed E-state index contributed by atoms with van der Waals surface area (Å²) in [5.41, 5.74) is -0.533. The first-order valence-electron chi connectivity index (χ1n) is 5.36. The Kier molecular flexibility index (Phi) is 5.18. The molecule has 0 spiro atoms. The fraction of sp³-hybridized carbons (Fsp3) is 0.333. The number of nitriles is 1. The molecule has 1 N–H and O–H groups in total. The minimum atomic E-state index is -1.66. The van der Waals surface area contributed by atoms with Crippen molar-refractivity contribution in [1.29, 1.82) is 5.26 Å². The molecule has 1 aromatic carbocycles. The third kappa shape index (κ3) is 3.48. The molecule has 0 unspecified atom stereocenters. The zero-order valence-electron chi connectivity index (χ0n) is 9.47. The topological polar surface area (TPSA) is 52.9 Å². The van der Waals surface area contributed by atoms with Crippen LogP contribution in [0.1, 0.15) is 29.6 Å². The number of halogens is 3. The molecule has 1 rings (SSSR count). The highest BCUT2D eigenvalue weighted by Gasteiger charge is 2.18. The van der Waals surface area contributed by atoms with Gasteiger partial charge in [0, 0.05) is 13.0 Å². The molecule has 0 saturated carbocycles. The molecule has 18 heavy (non-hydrogen) atoms. The summed E-state index contributed by atoms with van der Waals surface area (Å²) < 4.78 is 38.7. The molecule has 0 aliphatic carbocycles. The Morgan fingerprint density at radius 3 is 2.61 bits per heavy atom. The minimum Gasteiger partial charge on any atom is -0.352 e. The van der Waals surface area contributed by atoms with Gasteiger partial charge in [0.15, 0.2) is 17.5 Å². The van der Waals surface area contributed by atoms with Crippen LogP contribution in [0, 0.1) is 28.8 Å². The number of unbranched alkanes of at least 4 members (excludes halogenated alkanes) is 2. The van der Waals surface area contributed by atoms with E-state index >= 15 is 0 Å². The van der Waals surface area contributed by atoms with Crippen LogP contribution in [0.25, 0.3) is 0 Å². The Morgan fingerprint density at radius 1 is 1.22 bits per heavy atom. The number of benzene rings is 1. The van der Waals surface area contributed by atoms with Crippen molar-refractivity contribution in [2.45, 2.75) is 19.3 Å². The monoisotopic (exact) mass is 256 g/mol. The Labute approximate surface area is 102 Å². The van der Waals surface area contributed by atoms with E-state index in [0.29, 0.717) is 25.3 Å². The second-order valence-corrected chi connectivity index (χ2v) is 3.59. The summed E-state index contributed by atoms with van der Waals surface area (Å²) in [6.07, 6.45) is 1.54. The average molecular weight is 256 g/mol. The summed E-state index contributed by atoms with van der Waals surface area (Å²) in [7, 11) is 0. The molecule has 0 aliphatic heterocycles. The van der Waals surface area contributed by atoms with Crippen LogP contribution in [-0.4, -0.2) is 12.5 Å². The van der Waals surface area contributed by atoms with E-state index in [1.165, 1.54) is 0 Å². The molecule has 0 bridgehead atoms. The number of nitrogens with one attached hydrogen (secondary N) is 1. The number of amides is 1. The van der Waals surface area contributed by atoms with Gasteiger partial charge >= 0.3 is 0 Å². The number of hydrogen-bond donors (Lipinski definition) is 1. The molecule has 6 heteroatoms. The lowest BCUT2D eigenvalue weighted by atomic mass is 10.1. The predicted molar refractivity (Wildman–Crippen MR) is 58.1 cm³/mol. The van der Waals surface area contributed by atoms with Crippen LogP contribution in [0.3, 0.4) is 0 Å². The maximum absolute atomic E-state index is 13.2. The van der Waals surface area contributed by atoms with Gasteiger partial charge in [0.2, 0.25) is 0 Å². The summed E-state index contributed by atoms with van der Waals surface area (Å²) in [6, 6.07) is 3.53. The molecule has 3 nitrogen and oxygen atoms in total. The molecule has 0 radical (unpaired) electrons. The summed E-state index contributed by atoms with van der Waals surface area (Å²) in [4.78, 5) is 11.5. The zero-order valence-corrected chi connectivity index (χ0v) is 9.47. The lowest BCUT2D eigenvalue weighted by molar-refractivity contribution is 0.0947. The van der Waals surface area contributed by atoms with Gasteiger partial charge in [-0.25, -0.2) is 13.2 Å². The second kappa shape index (κ2) is 6.64. The lowest BCUT2D eigenvalue weighted by Gasteiger charge is -2.06. The van der Waals surface area contributed by atoms with Crippen LogP contribution >= 0.6 is 0 Å². The molecule has 96 valence electrons. The summed E-state index contributed by atoms with van der Waals surface area (Å²) in [5, 5.41) is 10.6. The van der Waals surface area contributed by atoms with E-state index < -0.39 is 28.9 Å². The van der Waals surface area contributed by atoms with Gasteiger partial charge in [-0.15, -0.1) is 0 Å². The molecule has 1 amide bonds. The van der Waals surface area contributed by atoms with Gasteiger partial charge in [0.25, 0.3) is 5.91 Å². The molecular formula is C12H11F3N2O. The first-order valence-corrected chi connectivity index (χ1v) is 5.36. The predicted octanol–water partition coefficient (Wildman–Crippen LogP) is 2.53. The molecule has 1 aromatic rings. The first kappa shape index (κ1) is 14.0. The molecule has 0 heterocycles. The number of hydrogen-bond acceptors (Lipinski definition) is 2. The highest BCUT2D eigenvalue weighted by atomic mass is 19.2. The Hall–Kier alpha value is -2.03. The zero-order chi connectivity index (χ0) is 13.5. The fourth-order valence-electron chi connectivity index (χ4n) is 1.33. The van der Waals surface area contributed by atoms with E-state index in [2.05, 4.69) is 5.32 Å². The normalized spacial score (nSPS) is 9.89. The van der Waals surface area contributed by atoms with Crippen molar-refractivity contribution in [2.24, 2.45) is 0 Å². The molecule has 0 atom stereocenters. The maximum atomic E-state index is 13.2. The second-order valence-electron chi connectivity index (χ2n) is 3.59. The standard InChI is InChI=1S/C12H11F3N2O/c13-9-5-4-8(10(14)11(9)15)12(18)17-7-3-1-2-6-16/h4-5H,1-3,7H2,(H,17,18). The number of carbonyl (C=O) groups excluding carboxylic acids is 1. The maximum Gasteiger partial charge on any atom is 0.254 e. The fourth-order valence-corrected chi connectivity index (χ4v) is 1.33. The quantitative estimate of drug-likeness (QED) is 0.650. The number of rotatable bonds is 5. The van der Waals surface area contributed by atoms with Crippen molar-refractivity contribution < 1.29 is 18.0 Å². The van der Waals surface area contributed by atoms with E-state index in [0.717, 1.165) is 6.07 Å². The van der Waals surface area contributed by atoms with E-state index in [-0.39, 0.29) is 6.54 Å². The van der Waals surface area contributed by atoms with Crippen molar-refractivity contribution in [2.75, 3.05) is 6.54 Å². The van der Waals surface area contributed by atoms with Crippen molar-refractivity contribution in [3.05, 3.63) is 35.1 Å². The summed E-state index contributed by atoms with van der Waals surface area (Å²) >= 11 is 0. The number of nitrogens with zero attached hydrogens (tertiary/aromatic N) is 1. The van der Waals surface area contributed by atoms with E-state index in [9.17, 15) is 18.0 Å². The van der Waals surface area contributed by atoms with Crippen molar-refractivity contribution in [1.82, 2.24) is 5.32 Å². The van der Waals surface area contributed by atoms with E-state index in [1.54, 1.807) is 0 Å². The third-order valence-electron chi connectivity index (χ3n) is 2.28. The van der Waals surface area contributed by atoms with Gasteiger partial charge in [-0.05, 0) is 25.0 Å². The molecule has 0 fully saturated rings. The molecular weight excluding hydrogens is 245 g/mol. The highest BCUT2D eigenvalue weighted by molar-refractivity contribution is 5.94. The van der Waals surface area contributed by atoms with Crippen LogP contribution in [-0.2, 0) is 0 Å². The Balaban J connectivity index is 2.58. The highest BCUT2D eigenvalue weighted by Crippen LogP contribution is 2.14. The van der Waals surface area contributed by atoms with E-state index in [1.807, 2.05) is 6.07 Å². The van der Waals surface area contributed by atoms with Crippen LogP contribution < -0.4 is 5.32 Å². The van der Waals surface area contributed by atoms with Crippen molar-refractivity contribution in [3.8, 4) is 6.07 Å². The van der Waals surface area contributed by atoms with Crippen molar-refractivity contribution in [3.63, 3.8) is 0 Å². The molecule has 0 aromatic heterocycles. The van der Waals surface area contributed by atoms with Gasteiger partial charge in [-0.3, -0.25) is 4.79 Å². The Morgan fingerprint density at radius 2 is 1.94 bits per heavy atom. The van der Waals surface area contributed by atoms with Crippen molar-refractivity contribution >= 4 is 5.91 Å². The smallest absolute Gasteiger partial charge is 0.254 e. The van der Waals surface area contributed by atoms with E-state index in [4.69, 9.17) is 5.26 Å². The minimum absolute atomic E-state index is 0.249. The van der Waals surface area contributed by atoms with Crippen LogP contribution in [0.15, 0.2) is 12.1 Å². The summed E-state index contributed by atoms with van der Waals surface area (Å²) in [5.74, 6) is -5.29. The number of carbonyl (C=O) groups is 1. The molecule has 0 saturated heterocycles. The van der Waals surface area contributed by atoms with Gasteiger partial charge in [-0.1, -0.05) is 0 Å². The van der Waals surface area contributed by atoms with Gasteiger partial charge in [0.05, 0.1) is 11.6 Å². The third-order valence-corrected chi connectivity index (χ3v) is 2.28. The van der Waals surface area contributed by atoms with Crippen LogP contribution in [0.4, 0.5) is 13.2 Å². The largest absolute Gasteiger partial charge is 0.352 e. The Bertz CT molecular complexity index is 483. The first-order chi connectivity index (χ1) is 8.57.